The average molecular weight is 142 g/mol. The Morgan fingerprint density at radius 2 is 2.30 bits per heavy atom. The molecule has 0 aliphatic heterocycles. The maximum atomic E-state index is 10.4. The summed E-state index contributed by atoms with van der Waals surface area (Å²) in [6.45, 7) is 6.71. The van der Waals surface area contributed by atoms with Gasteiger partial charge >= 0.3 is 5.97 Å². The van der Waals surface area contributed by atoms with E-state index in [-0.39, 0.29) is 6.61 Å². The second-order valence-corrected chi connectivity index (χ2v) is 1.54. The maximum absolute atomic E-state index is 10.4. The molecule has 0 unspecified atom stereocenters. The molecule has 0 spiro atoms. The van der Waals surface area contributed by atoms with Crippen LogP contribution in [-0.2, 0) is 14.3 Å². The number of allylic oxidation sites excluding steroid dienone is 1. The Kier molecular flexibility index (Phi) is 4.04. The third kappa shape index (κ3) is 3.72. The standard InChI is InChI=1S/C7H10O3/c1-4-6(2)10-5-7(8)9-3/h4H,1-2,5H2,3H3. The molecule has 0 radical (unpaired) electrons. The summed E-state index contributed by atoms with van der Waals surface area (Å²) in [6.07, 6.45) is 1.42. The van der Waals surface area contributed by atoms with Gasteiger partial charge in [-0.3, -0.25) is 0 Å². The molecule has 0 heterocycles. The van der Waals surface area contributed by atoms with Crippen molar-refractivity contribution >= 4 is 5.97 Å². The molecule has 3 heteroatoms. The molecule has 0 aromatic rings. The molecule has 0 bridgehead atoms. The fraction of sp³-hybridized carbons (Fsp3) is 0.286. The van der Waals surface area contributed by atoms with Gasteiger partial charge in [0, 0.05) is 0 Å². The first-order chi connectivity index (χ1) is 4.70. The highest BCUT2D eigenvalue weighted by atomic mass is 16.6. The van der Waals surface area contributed by atoms with Crippen LogP contribution < -0.4 is 0 Å². The van der Waals surface area contributed by atoms with E-state index >= 15 is 0 Å². The molecule has 0 aromatic carbocycles. The summed E-state index contributed by atoms with van der Waals surface area (Å²) in [5.41, 5.74) is 0. The molecule has 0 aliphatic rings. The van der Waals surface area contributed by atoms with Gasteiger partial charge in [-0.25, -0.2) is 4.79 Å². The van der Waals surface area contributed by atoms with Crippen molar-refractivity contribution in [2.45, 2.75) is 0 Å². The normalized spacial score (nSPS) is 8.10. The van der Waals surface area contributed by atoms with Crippen molar-refractivity contribution in [2.75, 3.05) is 13.7 Å². The van der Waals surface area contributed by atoms with Crippen LogP contribution in [0.5, 0.6) is 0 Å². The van der Waals surface area contributed by atoms with E-state index < -0.39 is 5.97 Å². The molecule has 0 N–H and O–H groups in total. The predicted octanol–water partition coefficient (Wildman–Crippen LogP) is 0.876. The Morgan fingerprint density at radius 3 is 2.70 bits per heavy atom. The van der Waals surface area contributed by atoms with E-state index in [4.69, 9.17) is 4.74 Å². The van der Waals surface area contributed by atoms with Gasteiger partial charge < -0.3 is 9.47 Å². The molecule has 0 aromatic heterocycles. The van der Waals surface area contributed by atoms with Crippen LogP contribution in [-0.4, -0.2) is 19.7 Å². The van der Waals surface area contributed by atoms with Crippen LogP contribution in [0.4, 0.5) is 0 Å². The summed E-state index contributed by atoms with van der Waals surface area (Å²) < 4.78 is 9.06. The first kappa shape index (κ1) is 8.75. The van der Waals surface area contributed by atoms with E-state index in [0.29, 0.717) is 5.76 Å². The van der Waals surface area contributed by atoms with Gasteiger partial charge in [0.25, 0.3) is 0 Å². The smallest absolute Gasteiger partial charge is 0.343 e. The SMILES string of the molecule is C=CC(=C)OCC(=O)OC. The summed E-state index contributed by atoms with van der Waals surface area (Å²) in [5, 5.41) is 0. The van der Waals surface area contributed by atoms with Gasteiger partial charge in [0.05, 0.1) is 7.11 Å². The third-order valence-electron chi connectivity index (χ3n) is 0.831. The molecule has 56 valence electrons. The van der Waals surface area contributed by atoms with Gasteiger partial charge in [-0.1, -0.05) is 13.2 Å². The minimum absolute atomic E-state index is 0.110. The van der Waals surface area contributed by atoms with E-state index in [0.717, 1.165) is 0 Å². The number of esters is 1. The van der Waals surface area contributed by atoms with E-state index in [1.54, 1.807) is 0 Å². The molecular formula is C7H10O3. The van der Waals surface area contributed by atoms with Crippen LogP contribution in [0, 0.1) is 0 Å². The molecule has 0 amide bonds. The van der Waals surface area contributed by atoms with Crippen molar-refractivity contribution in [3.05, 3.63) is 25.0 Å². The van der Waals surface area contributed by atoms with E-state index in [9.17, 15) is 4.79 Å². The van der Waals surface area contributed by atoms with Crippen LogP contribution in [0.15, 0.2) is 25.0 Å². The molecule has 0 saturated carbocycles. The molecule has 10 heavy (non-hydrogen) atoms. The van der Waals surface area contributed by atoms with Gasteiger partial charge in [0.1, 0.15) is 5.76 Å². The predicted molar refractivity (Wildman–Crippen MR) is 37.3 cm³/mol. The first-order valence-corrected chi connectivity index (χ1v) is 2.71. The number of ether oxygens (including phenoxy) is 2. The summed E-state index contributed by atoms with van der Waals surface area (Å²) >= 11 is 0. The van der Waals surface area contributed by atoms with Crippen molar-refractivity contribution in [1.82, 2.24) is 0 Å². The van der Waals surface area contributed by atoms with Crippen LogP contribution in [0.3, 0.4) is 0 Å². The lowest BCUT2D eigenvalue weighted by Gasteiger charge is -2.01. The van der Waals surface area contributed by atoms with Crippen molar-refractivity contribution in [2.24, 2.45) is 0 Å². The minimum Gasteiger partial charge on any atom is -0.483 e. The van der Waals surface area contributed by atoms with Crippen LogP contribution in [0.25, 0.3) is 0 Å². The Bertz CT molecular complexity index is 149. The van der Waals surface area contributed by atoms with Gasteiger partial charge in [-0.15, -0.1) is 0 Å². The minimum atomic E-state index is -0.428. The van der Waals surface area contributed by atoms with Crippen molar-refractivity contribution < 1.29 is 14.3 Å². The maximum Gasteiger partial charge on any atom is 0.343 e. The fourth-order valence-electron chi connectivity index (χ4n) is 0.269. The third-order valence-corrected chi connectivity index (χ3v) is 0.831. The summed E-state index contributed by atoms with van der Waals surface area (Å²) in [5.74, 6) is -0.0617. The second kappa shape index (κ2) is 4.61. The molecule has 3 nitrogen and oxygen atoms in total. The highest BCUT2D eigenvalue weighted by Gasteiger charge is 1.98. The second-order valence-electron chi connectivity index (χ2n) is 1.54. The number of carbonyl (C=O) groups is 1. The number of hydrogen-bond donors (Lipinski definition) is 0. The van der Waals surface area contributed by atoms with Crippen molar-refractivity contribution in [1.29, 1.82) is 0 Å². The quantitative estimate of drug-likeness (QED) is 0.332. The van der Waals surface area contributed by atoms with Gasteiger partial charge in [-0.2, -0.15) is 0 Å². The monoisotopic (exact) mass is 142 g/mol. The lowest BCUT2D eigenvalue weighted by atomic mass is 10.5. The van der Waals surface area contributed by atoms with E-state index in [1.165, 1.54) is 13.2 Å². The number of hydrogen-bond acceptors (Lipinski definition) is 3. The zero-order chi connectivity index (χ0) is 7.98. The van der Waals surface area contributed by atoms with Crippen LogP contribution in [0.1, 0.15) is 0 Å². The first-order valence-electron chi connectivity index (χ1n) is 2.71. The highest BCUT2D eigenvalue weighted by molar-refractivity contribution is 5.70. The van der Waals surface area contributed by atoms with Crippen LogP contribution >= 0.6 is 0 Å². The molecule has 0 atom stereocenters. The molecule has 0 aliphatic carbocycles. The Labute approximate surface area is 59.9 Å². The average Bonchev–Trinajstić information content (AvgIpc) is 1.99. The van der Waals surface area contributed by atoms with E-state index in [2.05, 4.69) is 17.9 Å². The Morgan fingerprint density at radius 1 is 1.70 bits per heavy atom. The lowest BCUT2D eigenvalue weighted by molar-refractivity contribution is -0.144. The van der Waals surface area contributed by atoms with Crippen molar-refractivity contribution in [3.8, 4) is 0 Å². The van der Waals surface area contributed by atoms with Gasteiger partial charge in [0.2, 0.25) is 0 Å². The van der Waals surface area contributed by atoms with Crippen LogP contribution in [0.2, 0.25) is 0 Å². The fourth-order valence-corrected chi connectivity index (χ4v) is 0.269. The molecule has 0 fully saturated rings. The lowest BCUT2D eigenvalue weighted by Crippen LogP contribution is -2.08. The Hall–Kier alpha value is -1.25. The summed E-state index contributed by atoms with van der Waals surface area (Å²) in [7, 11) is 1.29. The topological polar surface area (TPSA) is 35.5 Å². The zero-order valence-corrected chi connectivity index (χ0v) is 5.92. The number of methoxy groups -OCH3 is 1. The van der Waals surface area contributed by atoms with Gasteiger partial charge in [-0.05, 0) is 6.08 Å². The highest BCUT2D eigenvalue weighted by Crippen LogP contribution is 1.92. The van der Waals surface area contributed by atoms with Crippen molar-refractivity contribution in [3.63, 3.8) is 0 Å². The van der Waals surface area contributed by atoms with E-state index in [1.807, 2.05) is 0 Å². The summed E-state index contributed by atoms with van der Waals surface area (Å²) in [6, 6.07) is 0. The molecular weight excluding hydrogens is 132 g/mol. The largest absolute Gasteiger partial charge is 0.483 e. The van der Waals surface area contributed by atoms with Gasteiger partial charge in [0.15, 0.2) is 6.61 Å². The zero-order valence-electron chi connectivity index (χ0n) is 5.92. The number of carbonyl (C=O) groups excluding carboxylic acids is 1. The summed E-state index contributed by atoms with van der Waals surface area (Å²) in [4.78, 5) is 10.4. The number of rotatable bonds is 4. The molecule has 0 saturated heterocycles. The Balaban J connectivity index is 3.44. The molecule has 0 rings (SSSR count).